The monoisotopic (exact) mass is 212 g/mol. The average Bonchev–Trinajstić information content (AvgIpc) is 2.19. The highest BCUT2D eigenvalue weighted by molar-refractivity contribution is 5.82. The molecule has 2 N–H and O–H groups in total. The summed E-state index contributed by atoms with van der Waals surface area (Å²) in [5, 5.41) is 0. The lowest BCUT2D eigenvalue weighted by Crippen LogP contribution is -2.53. The van der Waals surface area contributed by atoms with Gasteiger partial charge in [0.2, 0.25) is 5.91 Å². The molecular weight excluding hydrogens is 188 g/mol. The molecule has 3 unspecified atom stereocenters. The first kappa shape index (κ1) is 12.5. The number of rotatable bonds is 2. The number of amides is 1. The fourth-order valence-electron chi connectivity index (χ4n) is 2.07. The van der Waals surface area contributed by atoms with Gasteiger partial charge in [0.15, 0.2) is 0 Å². The van der Waals surface area contributed by atoms with Gasteiger partial charge in [0.05, 0.1) is 6.04 Å². The minimum Gasteiger partial charge on any atom is -0.338 e. The standard InChI is InChI=1S/C12H24N2O/c1-8(2)11(13)12(15)14-7-9(3)5-6-10(14)4/h8-11H,5-7,13H2,1-4H3. The van der Waals surface area contributed by atoms with Gasteiger partial charge >= 0.3 is 0 Å². The molecule has 0 aromatic rings. The van der Waals surface area contributed by atoms with Crippen LogP contribution in [0.4, 0.5) is 0 Å². The molecule has 88 valence electrons. The fraction of sp³-hybridized carbons (Fsp3) is 0.917. The first-order valence-corrected chi connectivity index (χ1v) is 5.99. The molecule has 0 saturated carbocycles. The van der Waals surface area contributed by atoms with Crippen LogP contribution in [-0.4, -0.2) is 29.4 Å². The van der Waals surface area contributed by atoms with E-state index in [2.05, 4.69) is 13.8 Å². The van der Waals surface area contributed by atoms with Crippen LogP contribution in [0.5, 0.6) is 0 Å². The Hall–Kier alpha value is -0.570. The minimum atomic E-state index is -0.335. The molecule has 0 aromatic carbocycles. The molecule has 3 nitrogen and oxygen atoms in total. The first-order chi connectivity index (χ1) is 6.93. The second-order valence-electron chi connectivity index (χ2n) is 5.29. The summed E-state index contributed by atoms with van der Waals surface area (Å²) in [6.45, 7) is 9.20. The van der Waals surface area contributed by atoms with E-state index in [4.69, 9.17) is 5.73 Å². The molecule has 1 aliphatic heterocycles. The van der Waals surface area contributed by atoms with Gasteiger partial charge in [-0.25, -0.2) is 0 Å². The van der Waals surface area contributed by atoms with Crippen molar-refractivity contribution in [3.63, 3.8) is 0 Å². The number of carbonyl (C=O) groups is 1. The average molecular weight is 212 g/mol. The molecule has 0 radical (unpaired) electrons. The topological polar surface area (TPSA) is 46.3 Å². The highest BCUT2D eigenvalue weighted by Crippen LogP contribution is 2.22. The summed E-state index contributed by atoms with van der Waals surface area (Å²) < 4.78 is 0. The quantitative estimate of drug-likeness (QED) is 0.756. The van der Waals surface area contributed by atoms with Gasteiger partial charge in [-0.2, -0.15) is 0 Å². The Kier molecular flexibility index (Phi) is 4.14. The van der Waals surface area contributed by atoms with Crippen LogP contribution in [0.2, 0.25) is 0 Å². The van der Waals surface area contributed by atoms with Crippen molar-refractivity contribution in [2.45, 2.75) is 52.6 Å². The molecule has 1 saturated heterocycles. The first-order valence-electron chi connectivity index (χ1n) is 5.99. The Labute approximate surface area is 93.0 Å². The molecule has 0 aliphatic carbocycles. The third-order valence-electron chi connectivity index (χ3n) is 3.40. The van der Waals surface area contributed by atoms with E-state index >= 15 is 0 Å². The Morgan fingerprint density at radius 1 is 1.33 bits per heavy atom. The smallest absolute Gasteiger partial charge is 0.239 e. The van der Waals surface area contributed by atoms with Gasteiger partial charge in [0.1, 0.15) is 0 Å². The fourth-order valence-corrected chi connectivity index (χ4v) is 2.07. The van der Waals surface area contributed by atoms with Crippen LogP contribution in [0.3, 0.4) is 0 Å². The van der Waals surface area contributed by atoms with Crippen LogP contribution in [-0.2, 0) is 4.79 Å². The number of nitrogens with zero attached hydrogens (tertiary/aromatic N) is 1. The van der Waals surface area contributed by atoms with E-state index in [-0.39, 0.29) is 17.9 Å². The maximum absolute atomic E-state index is 12.1. The summed E-state index contributed by atoms with van der Waals surface area (Å²) in [5.74, 6) is 0.968. The molecule has 0 spiro atoms. The van der Waals surface area contributed by atoms with Crippen molar-refractivity contribution in [3.05, 3.63) is 0 Å². The minimum absolute atomic E-state index is 0.129. The van der Waals surface area contributed by atoms with Crippen molar-refractivity contribution in [1.82, 2.24) is 4.90 Å². The second-order valence-corrected chi connectivity index (χ2v) is 5.29. The number of hydrogen-bond acceptors (Lipinski definition) is 2. The van der Waals surface area contributed by atoms with Gasteiger partial charge in [-0.1, -0.05) is 20.8 Å². The van der Waals surface area contributed by atoms with Crippen LogP contribution in [0, 0.1) is 11.8 Å². The Morgan fingerprint density at radius 2 is 1.93 bits per heavy atom. The van der Waals surface area contributed by atoms with E-state index in [9.17, 15) is 4.79 Å². The van der Waals surface area contributed by atoms with E-state index in [1.807, 2.05) is 18.7 Å². The second kappa shape index (κ2) is 4.97. The lowest BCUT2D eigenvalue weighted by atomic mass is 9.93. The van der Waals surface area contributed by atoms with Crippen LogP contribution < -0.4 is 5.73 Å². The normalized spacial score (nSPS) is 29.3. The van der Waals surface area contributed by atoms with Gasteiger partial charge in [-0.05, 0) is 31.6 Å². The zero-order valence-corrected chi connectivity index (χ0v) is 10.4. The van der Waals surface area contributed by atoms with Crippen molar-refractivity contribution in [3.8, 4) is 0 Å². The molecular formula is C12H24N2O. The van der Waals surface area contributed by atoms with E-state index in [1.165, 1.54) is 6.42 Å². The van der Waals surface area contributed by atoms with E-state index in [0.29, 0.717) is 12.0 Å². The van der Waals surface area contributed by atoms with Gasteiger partial charge in [0, 0.05) is 12.6 Å². The largest absolute Gasteiger partial charge is 0.338 e. The lowest BCUT2D eigenvalue weighted by molar-refractivity contribution is -0.137. The number of piperidine rings is 1. The summed E-state index contributed by atoms with van der Waals surface area (Å²) in [6.07, 6.45) is 2.33. The molecule has 1 fully saturated rings. The molecule has 1 aliphatic rings. The Bertz CT molecular complexity index is 228. The molecule has 1 heterocycles. The Balaban J connectivity index is 2.64. The van der Waals surface area contributed by atoms with Gasteiger partial charge in [-0.3, -0.25) is 4.79 Å². The van der Waals surface area contributed by atoms with Crippen molar-refractivity contribution in [1.29, 1.82) is 0 Å². The molecule has 0 aromatic heterocycles. The maximum Gasteiger partial charge on any atom is 0.239 e. The highest BCUT2D eigenvalue weighted by atomic mass is 16.2. The summed E-state index contributed by atoms with van der Waals surface area (Å²) in [6, 6.07) is 0.0243. The zero-order valence-electron chi connectivity index (χ0n) is 10.4. The molecule has 0 bridgehead atoms. The van der Waals surface area contributed by atoms with Crippen LogP contribution in [0.25, 0.3) is 0 Å². The number of hydrogen-bond donors (Lipinski definition) is 1. The van der Waals surface area contributed by atoms with Crippen LogP contribution in [0.15, 0.2) is 0 Å². The number of carbonyl (C=O) groups excluding carboxylic acids is 1. The van der Waals surface area contributed by atoms with Crippen molar-refractivity contribution in [2.75, 3.05) is 6.54 Å². The van der Waals surface area contributed by atoms with E-state index < -0.39 is 0 Å². The predicted molar refractivity (Wildman–Crippen MR) is 62.4 cm³/mol. The number of nitrogens with two attached hydrogens (primary N) is 1. The molecule has 1 amide bonds. The highest BCUT2D eigenvalue weighted by Gasteiger charge is 2.30. The Morgan fingerprint density at radius 3 is 2.47 bits per heavy atom. The summed E-state index contributed by atoms with van der Waals surface area (Å²) in [5.41, 5.74) is 5.91. The molecule has 15 heavy (non-hydrogen) atoms. The van der Waals surface area contributed by atoms with Gasteiger partial charge in [-0.15, -0.1) is 0 Å². The third-order valence-corrected chi connectivity index (χ3v) is 3.40. The predicted octanol–water partition coefficient (Wildman–Crippen LogP) is 1.62. The third kappa shape index (κ3) is 2.94. The molecule has 1 rings (SSSR count). The van der Waals surface area contributed by atoms with Gasteiger partial charge in [0.25, 0.3) is 0 Å². The van der Waals surface area contributed by atoms with Crippen molar-refractivity contribution in [2.24, 2.45) is 17.6 Å². The molecule has 3 atom stereocenters. The van der Waals surface area contributed by atoms with Crippen molar-refractivity contribution >= 4 is 5.91 Å². The van der Waals surface area contributed by atoms with Gasteiger partial charge < -0.3 is 10.6 Å². The maximum atomic E-state index is 12.1. The lowest BCUT2D eigenvalue weighted by Gasteiger charge is -2.38. The van der Waals surface area contributed by atoms with Crippen LogP contribution in [0.1, 0.15) is 40.5 Å². The van der Waals surface area contributed by atoms with Crippen LogP contribution >= 0.6 is 0 Å². The van der Waals surface area contributed by atoms with E-state index in [0.717, 1.165) is 13.0 Å². The van der Waals surface area contributed by atoms with E-state index in [1.54, 1.807) is 0 Å². The van der Waals surface area contributed by atoms with Crippen molar-refractivity contribution < 1.29 is 4.79 Å². The number of likely N-dealkylation sites (tertiary alicyclic amines) is 1. The summed E-state index contributed by atoms with van der Waals surface area (Å²) in [4.78, 5) is 14.1. The summed E-state index contributed by atoms with van der Waals surface area (Å²) in [7, 11) is 0. The summed E-state index contributed by atoms with van der Waals surface area (Å²) >= 11 is 0. The zero-order chi connectivity index (χ0) is 11.6. The SMILES string of the molecule is CC1CCC(C)N(C(=O)C(N)C(C)C)C1. The molecule has 3 heteroatoms.